The lowest BCUT2D eigenvalue weighted by Crippen LogP contribution is -2.04. The van der Waals surface area contributed by atoms with Crippen LogP contribution >= 0.6 is 0 Å². The molecule has 0 saturated heterocycles. The lowest BCUT2D eigenvalue weighted by atomic mass is 10.1. The van der Waals surface area contributed by atoms with Crippen molar-refractivity contribution in [2.45, 2.75) is 13.5 Å². The summed E-state index contributed by atoms with van der Waals surface area (Å²) in [6.07, 6.45) is 1.27. The fourth-order valence-corrected chi connectivity index (χ4v) is 2.59. The number of anilines is 1. The largest absolute Gasteiger partial charge is 0.454 e. The van der Waals surface area contributed by atoms with Crippen LogP contribution in [-0.4, -0.2) is 30.0 Å². The first-order valence-electron chi connectivity index (χ1n) is 7.80. The number of pyridine rings is 1. The van der Waals surface area contributed by atoms with Crippen molar-refractivity contribution in [1.82, 2.24) is 4.98 Å². The number of fused-ring (bicyclic) bond motifs is 1. The van der Waals surface area contributed by atoms with Gasteiger partial charge in [0.05, 0.1) is 29.4 Å². The molecule has 0 radical (unpaired) electrons. The Kier molecular flexibility index (Phi) is 5.14. The van der Waals surface area contributed by atoms with Gasteiger partial charge in [-0.3, -0.25) is 15.5 Å². The fourth-order valence-electron chi connectivity index (χ4n) is 2.59. The zero-order chi connectivity index (χ0) is 19.4. The van der Waals surface area contributed by atoms with Crippen LogP contribution in [0.15, 0.2) is 23.3 Å². The van der Waals surface area contributed by atoms with Gasteiger partial charge < -0.3 is 14.2 Å². The van der Waals surface area contributed by atoms with Gasteiger partial charge in [0.2, 0.25) is 6.79 Å². The Balaban J connectivity index is 1.91. The van der Waals surface area contributed by atoms with Gasteiger partial charge in [-0.1, -0.05) is 0 Å². The molecule has 0 fully saturated rings. The summed E-state index contributed by atoms with van der Waals surface area (Å²) in [4.78, 5) is 15.0. The van der Waals surface area contributed by atoms with Gasteiger partial charge in [-0.25, -0.2) is 4.98 Å². The Hall–Kier alpha value is -3.71. The predicted molar refractivity (Wildman–Crippen MR) is 94.8 cm³/mol. The number of ether oxygens (including phenoxy) is 3. The van der Waals surface area contributed by atoms with E-state index in [0.29, 0.717) is 28.3 Å². The molecule has 0 unspecified atom stereocenters. The molecule has 0 saturated carbocycles. The highest BCUT2D eigenvalue weighted by atomic mass is 16.7. The van der Waals surface area contributed by atoms with E-state index in [2.05, 4.69) is 21.6 Å². The minimum atomic E-state index is -0.536. The number of nitrogens with zero attached hydrogens (tertiary/aromatic N) is 4. The maximum absolute atomic E-state index is 11.3. The Bertz CT molecular complexity index is 967. The molecule has 1 N–H and O–H groups in total. The van der Waals surface area contributed by atoms with Gasteiger partial charge in [0.15, 0.2) is 17.3 Å². The number of nitrogens with one attached hydrogen (secondary N) is 1. The van der Waals surface area contributed by atoms with Gasteiger partial charge >= 0.3 is 0 Å². The summed E-state index contributed by atoms with van der Waals surface area (Å²) in [6, 6.07) is 6.57. The molecule has 1 aliphatic heterocycles. The first kappa shape index (κ1) is 18.1. The molecule has 0 spiro atoms. The average Bonchev–Trinajstić information content (AvgIpc) is 3.08. The van der Waals surface area contributed by atoms with Crippen LogP contribution in [0.1, 0.15) is 22.4 Å². The first-order chi connectivity index (χ1) is 13.0. The molecule has 2 aromatic rings. The number of hydrogen-bond donors (Lipinski definition) is 1. The van der Waals surface area contributed by atoms with Crippen LogP contribution in [0.5, 0.6) is 11.5 Å². The normalized spacial score (nSPS) is 12.2. The van der Waals surface area contributed by atoms with Crippen molar-refractivity contribution in [2.24, 2.45) is 5.10 Å². The van der Waals surface area contributed by atoms with Crippen LogP contribution in [-0.2, 0) is 11.3 Å². The lowest BCUT2D eigenvalue weighted by Gasteiger charge is -2.09. The van der Waals surface area contributed by atoms with E-state index in [0.717, 1.165) is 0 Å². The monoisotopic (exact) mass is 369 g/mol. The fraction of sp³-hybridized carbons (Fsp3) is 0.235. The number of aryl methyl sites for hydroxylation is 1. The van der Waals surface area contributed by atoms with Crippen LogP contribution < -0.4 is 14.9 Å². The van der Waals surface area contributed by atoms with Gasteiger partial charge in [-0.2, -0.15) is 10.4 Å². The molecule has 1 aliphatic rings. The predicted octanol–water partition coefficient (Wildman–Crippen LogP) is 2.49. The van der Waals surface area contributed by atoms with Crippen molar-refractivity contribution in [2.75, 3.05) is 19.3 Å². The number of nitro benzene ring substituents is 1. The highest BCUT2D eigenvalue weighted by Gasteiger charge is 2.22. The summed E-state index contributed by atoms with van der Waals surface area (Å²) < 4.78 is 15.5. The minimum Gasteiger partial charge on any atom is -0.454 e. The van der Waals surface area contributed by atoms with Gasteiger partial charge in [0.1, 0.15) is 11.6 Å². The Labute approximate surface area is 154 Å². The standard InChI is InChI=1S/C17H15N5O5/c1-10-3-12(8-25-2)13(6-18)17(20-10)21-19-7-11-4-15-16(27-9-26-15)5-14(11)22(23)24/h3-5,7H,8-9H2,1-2H3,(H,20,21). The Morgan fingerprint density at radius 2 is 2.19 bits per heavy atom. The number of hydrazone groups is 1. The summed E-state index contributed by atoms with van der Waals surface area (Å²) in [5.74, 6) is 0.947. The molecule has 0 bridgehead atoms. The van der Waals surface area contributed by atoms with Crippen LogP contribution in [0.2, 0.25) is 0 Å². The Morgan fingerprint density at radius 3 is 2.85 bits per heavy atom. The maximum atomic E-state index is 11.3. The van der Waals surface area contributed by atoms with Crippen molar-refractivity contribution in [3.63, 3.8) is 0 Å². The van der Waals surface area contributed by atoms with E-state index in [-0.39, 0.29) is 30.5 Å². The molecule has 1 aromatic carbocycles. The maximum Gasteiger partial charge on any atom is 0.282 e. The van der Waals surface area contributed by atoms with Crippen molar-refractivity contribution in [3.8, 4) is 17.6 Å². The summed E-state index contributed by atoms with van der Waals surface area (Å²) in [5.41, 5.74) is 4.35. The van der Waals surface area contributed by atoms with E-state index < -0.39 is 4.92 Å². The quantitative estimate of drug-likeness (QED) is 0.466. The molecule has 138 valence electrons. The zero-order valence-electron chi connectivity index (χ0n) is 14.6. The second-order valence-electron chi connectivity index (χ2n) is 5.58. The Morgan fingerprint density at radius 1 is 1.44 bits per heavy atom. The second-order valence-corrected chi connectivity index (χ2v) is 5.58. The molecule has 0 atom stereocenters. The number of aromatic nitrogens is 1. The van der Waals surface area contributed by atoms with Crippen LogP contribution in [0.3, 0.4) is 0 Å². The molecule has 3 rings (SSSR count). The van der Waals surface area contributed by atoms with Gasteiger partial charge in [-0.05, 0) is 19.1 Å². The molecular formula is C17H15N5O5. The number of hydrogen-bond acceptors (Lipinski definition) is 9. The van der Waals surface area contributed by atoms with E-state index in [1.807, 2.05) is 0 Å². The molecule has 27 heavy (non-hydrogen) atoms. The third kappa shape index (κ3) is 3.78. The van der Waals surface area contributed by atoms with E-state index in [9.17, 15) is 15.4 Å². The number of nitro groups is 1. The van der Waals surface area contributed by atoms with E-state index in [1.165, 1.54) is 25.5 Å². The van der Waals surface area contributed by atoms with Crippen molar-refractivity contribution < 1.29 is 19.1 Å². The number of methoxy groups -OCH3 is 1. The van der Waals surface area contributed by atoms with Gasteiger partial charge in [0, 0.05) is 18.4 Å². The van der Waals surface area contributed by atoms with Crippen LogP contribution in [0, 0.1) is 28.4 Å². The van der Waals surface area contributed by atoms with Crippen LogP contribution in [0.25, 0.3) is 0 Å². The highest BCUT2D eigenvalue weighted by molar-refractivity contribution is 5.87. The third-order valence-electron chi connectivity index (χ3n) is 3.73. The molecule has 10 heteroatoms. The zero-order valence-corrected chi connectivity index (χ0v) is 14.6. The molecule has 10 nitrogen and oxygen atoms in total. The van der Waals surface area contributed by atoms with Crippen LogP contribution in [0.4, 0.5) is 11.5 Å². The molecule has 2 heterocycles. The average molecular weight is 369 g/mol. The minimum absolute atomic E-state index is 0.00630. The molecule has 1 aromatic heterocycles. The number of benzene rings is 1. The second kappa shape index (κ2) is 7.67. The SMILES string of the molecule is COCc1cc(C)nc(NN=Cc2cc3c(cc2[N+](=O)[O-])OCO3)c1C#N. The summed E-state index contributed by atoms with van der Waals surface area (Å²) in [6.45, 7) is 2.03. The first-order valence-corrected chi connectivity index (χ1v) is 7.80. The van der Waals surface area contributed by atoms with Gasteiger partial charge in [-0.15, -0.1) is 0 Å². The summed E-state index contributed by atoms with van der Waals surface area (Å²) in [5, 5.41) is 24.7. The third-order valence-corrected chi connectivity index (χ3v) is 3.73. The van der Waals surface area contributed by atoms with Crippen molar-refractivity contribution >= 4 is 17.7 Å². The number of nitriles is 1. The highest BCUT2D eigenvalue weighted by Crippen LogP contribution is 2.37. The molecular weight excluding hydrogens is 354 g/mol. The van der Waals surface area contributed by atoms with E-state index in [4.69, 9.17) is 14.2 Å². The van der Waals surface area contributed by atoms with Gasteiger partial charge in [0.25, 0.3) is 5.69 Å². The topological polar surface area (TPSA) is 132 Å². The van der Waals surface area contributed by atoms with E-state index in [1.54, 1.807) is 13.0 Å². The number of rotatable bonds is 6. The van der Waals surface area contributed by atoms with Crippen molar-refractivity contribution in [1.29, 1.82) is 5.26 Å². The lowest BCUT2D eigenvalue weighted by molar-refractivity contribution is -0.385. The summed E-state index contributed by atoms with van der Waals surface area (Å²) >= 11 is 0. The molecule has 0 amide bonds. The summed E-state index contributed by atoms with van der Waals surface area (Å²) in [7, 11) is 1.53. The van der Waals surface area contributed by atoms with Crippen molar-refractivity contribution in [3.05, 3.63) is 50.7 Å². The smallest absolute Gasteiger partial charge is 0.282 e. The van der Waals surface area contributed by atoms with E-state index >= 15 is 0 Å². The molecule has 0 aliphatic carbocycles.